The molecule has 8 heteroatoms. The number of rotatable bonds is 4. The third-order valence-electron chi connectivity index (χ3n) is 6.27. The third kappa shape index (κ3) is 3.74. The second kappa shape index (κ2) is 8.62. The standard InChI is InChI=1S/C26H22N2O5S/c29-24-19-7-2-3-8-20(19)25(30)23-21(24)9-6-10-22(23)27-26(31)17-11-13-18(14-12-17)34(32,33)28-15-4-1-5-16-28/h2-3,6-14H,1,4-5,15-16H2,(H,27,31). The van der Waals surface area contributed by atoms with Gasteiger partial charge in [-0.1, -0.05) is 42.8 Å². The molecular formula is C26H22N2O5S. The average Bonchev–Trinajstić information content (AvgIpc) is 2.88. The van der Waals surface area contributed by atoms with Crippen LogP contribution in [0.4, 0.5) is 5.69 Å². The monoisotopic (exact) mass is 474 g/mol. The van der Waals surface area contributed by atoms with Gasteiger partial charge in [0.05, 0.1) is 16.1 Å². The van der Waals surface area contributed by atoms with Crippen molar-refractivity contribution in [3.05, 3.63) is 94.5 Å². The Hall–Kier alpha value is -3.62. The lowest BCUT2D eigenvalue weighted by Gasteiger charge is -2.25. The molecule has 3 aromatic carbocycles. The minimum absolute atomic E-state index is 0.139. The number of benzene rings is 3. The number of anilines is 1. The highest BCUT2D eigenvalue weighted by Gasteiger charge is 2.32. The van der Waals surface area contributed by atoms with Crippen molar-refractivity contribution in [2.45, 2.75) is 24.2 Å². The van der Waals surface area contributed by atoms with Crippen molar-refractivity contribution in [1.29, 1.82) is 0 Å². The molecule has 34 heavy (non-hydrogen) atoms. The van der Waals surface area contributed by atoms with Crippen LogP contribution in [0.3, 0.4) is 0 Å². The first-order valence-corrected chi connectivity index (χ1v) is 12.5. The lowest BCUT2D eigenvalue weighted by atomic mass is 9.83. The molecule has 1 fully saturated rings. The molecule has 3 aromatic rings. The summed E-state index contributed by atoms with van der Waals surface area (Å²) in [5.74, 6) is -1.10. The maximum absolute atomic E-state index is 13.1. The predicted octanol–water partition coefficient (Wildman–Crippen LogP) is 3.89. The lowest BCUT2D eigenvalue weighted by Crippen LogP contribution is -2.35. The van der Waals surface area contributed by atoms with Crippen LogP contribution in [0.5, 0.6) is 0 Å². The highest BCUT2D eigenvalue weighted by atomic mass is 32.2. The Balaban J connectivity index is 1.41. The fourth-order valence-electron chi connectivity index (χ4n) is 4.48. The van der Waals surface area contributed by atoms with Gasteiger partial charge in [0.25, 0.3) is 5.91 Å². The number of hydrogen-bond donors (Lipinski definition) is 1. The molecule has 1 heterocycles. The van der Waals surface area contributed by atoms with Crippen LogP contribution in [0.1, 0.15) is 61.5 Å². The van der Waals surface area contributed by atoms with Crippen LogP contribution in [0, 0.1) is 0 Å². The largest absolute Gasteiger partial charge is 0.321 e. The summed E-state index contributed by atoms with van der Waals surface area (Å²) in [4.78, 5) is 39.1. The van der Waals surface area contributed by atoms with Crippen molar-refractivity contribution in [3.8, 4) is 0 Å². The highest BCUT2D eigenvalue weighted by Crippen LogP contribution is 2.32. The summed E-state index contributed by atoms with van der Waals surface area (Å²) in [6, 6.07) is 17.1. The zero-order valence-electron chi connectivity index (χ0n) is 18.3. The minimum Gasteiger partial charge on any atom is -0.321 e. The van der Waals surface area contributed by atoms with Gasteiger partial charge in [0.1, 0.15) is 0 Å². The highest BCUT2D eigenvalue weighted by molar-refractivity contribution is 7.89. The molecule has 0 bridgehead atoms. The van der Waals surface area contributed by atoms with Crippen LogP contribution in [-0.2, 0) is 10.0 Å². The van der Waals surface area contributed by atoms with Crippen LogP contribution < -0.4 is 5.32 Å². The molecule has 0 spiro atoms. The van der Waals surface area contributed by atoms with Crippen LogP contribution >= 0.6 is 0 Å². The first-order chi connectivity index (χ1) is 16.4. The van der Waals surface area contributed by atoms with Crippen molar-refractivity contribution in [3.63, 3.8) is 0 Å². The normalized spacial score (nSPS) is 16.0. The van der Waals surface area contributed by atoms with E-state index in [2.05, 4.69) is 5.32 Å². The second-order valence-electron chi connectivity index (χ2n) is 8.38. The van der Waals surface area contributed by atoms with Gasteiger partial charge >= 0.3 is 0 Å². The molecule has 0 radical (unpaired) electrons. The molecule has 1 amide bonds. The Morgan fingerprint density at radius 2 is 1.35 bits per heavy atom. The number of nitrogens with one attached hydrogen (secondary N) is 1. The molecule has 2 aliphatic rings. The van der Waals surface area contributed by atoms with Gasteiger partial charge in [-0.3, -0.25) is 14.4 Å². The smallest absolute Gasteiger partial charge is 0.255 e. The SMILES string of the molecule is O=C(Nc1cccc2c1C(=O)c1ccccc1C2=O)c1ccc(S(=O)(=O)N2CCCCC2)cc1. The van der Waals surface area contributed by atoms with Crippen molar-refractivity contribution in [1.82, 2.24) is 4.31 Å². The number of amides is 1. The number of piperidine rings is 1. The van der Waals surface area contributed by atoms with E-state index in [1.54, 1.807) is 42.5 Å². The molecule has 1 aliphatic carbocycles. The van der Waals surface area contributed by atoms with E-state index < -0.39 is 15.9 Å². The van der Waals surface area contributed by atoms with Gasteiger partial charge in [0.15, 0.2) is 11.6 Å². The molecule has 1 saturated heterocycles. The molecule has 5 rings (SSSR count). The summed E-state index contributed by atoms with van der Waals surface area (Å²) in [5, 5.41) is 2.72. The Bertz CT molecular complexity index is 1420. The number of ketones is 2. The number of nitrogens with zero attached hydrogens (tertiary/aromatic N) is 1. The van der Waals surface area contributed by atoms with E-state index in [1.807, 2.05) is 0 Å². The summed E-state index contributed by atoms with van der Waals surface area (Å²) in [5.41, 5.74) is 1.52. The molecule has 0 unspecified atom stereocenters. The van der Waals surface area contributed by atoms with Gasteiger partial charge in [-0.05, 0) is 43.2 Å². The Labute approximate surface area is 197 Å². The Morgan fingerprint density at radius 1 is 0.735 bits per heavy atom. The maximum atomic E-state index is 13.1. The number of sulfonamides is 1. The van der Waals surface area contributed by atoms with Gasteiger partial charge in [-0.15, -0.1) is 0 Å². The lowest BCUT2D eigenvalue weighted by molar-refractivity contribution is 0.0978. The summed E-state index contributed by atoms with van der Waals surface area (Å²) < 4.78 is 27.2. The first kappa shape index (κ1) is 22.2. The van der Waals surface area contributed by atoms with Crippen molar-refractivity contribution < 1.29 is 22.8 Å². The molecule has 1 aliphatic heterocycles. The molecule has 7 nitrogen and oxygen atoms in total. The Morgan fingerprint density at radius 3 is 2.03 bits per heavy atom. The van der Waals surface area contributed by atoms with Crippen LogP contribution in [0.25, 0.3) is 0 Å². The molecule has 172 valence electrons. The van der Waals surface area contributed by atoms with Gasteiger partial charge in [-0.2, -0.15) is 4.31 Å². The minimum atomic E-state index is -3.60. The van der Waals surface area contributed by atoms with E-state index in [0.29, 0.717) is 24.2 Å². The molecule has 0 atom stereocenters. The van der Waals surface area contributed by atoms with Gasteiger partial charge in [0.2, 0.25) is 10.0 Å². The van der Waals surface area contributed by atoms with Gasteiger partial charge in [0, 0.05) is 35.3 Å². The summed E-state index contributed by atoms with van der Waals surface area (Å²) in [6.45, 7) is 0.999. The maximum Gasteiger partial charge on any atom is 0.255 e. The summed E-state index contributed by atoms with van der Waals surface area (Å²) in [6.07, 6.45) is 2.70. The van der Waals surface area contributed by atoms with E-state index in [9.17, 15) is 22.8 Å². The molecule has 0 aromatic heterocycles. The zero-order chi connectivity index (χ0) is 23.9. The number of hydrogen-bond acceptors (Lipinski definition) is 5. The van der Waals surface area contributed by atoms with Crippen LogP contribution in [-0.4, -0.2) is 43.3 Å². The summed E-state index contributed by atoms with van der Waals surface area (Å²) >= 11 is 0. The number of carbonyl (C=O) groups is 3. The molecule has 1 N–H and O–H groups in total. The fourth-order valence-corrected chi connectivity index (χ4v) is 5.99. The fraction of sp³-hybridized carbons (Fsp3) is 0.192. The predicted molar refractivity (Wildman–Crippen MR) is 127 cm³/mol. The van der Waals surface area contributed by atoms with Crippen molar-refractivity contribution in [2.75, 3.05) is 18.4 Å². The number of carbonyl (C=O) groups excluding carboxylic acids is 3. The Kier molecular flexibility index (Phi) is 5.63. The van der Waals surface area contributed by atoms with E-state index in [1.165, 1.54) is 28.6 Å². The second-order valence-corrected chi connectivity index (χ2v) is 10.3. The molecule has 0 saturated carbocycles. The number of fused-ring (bicyclic) bond motifs is 2. The van der Waals surface area contributed by atoms with E-state index in [0.717, 1.165) is 19.3 Å². The van der Waals surface area contributed by atoms with Crippen molar-refractivity contribution >= 4 is 33.2 Å². The first-order valence-electron chi connectivity index (χ1n) is 11.1. The van der Waals surface area contributed by atoms with Crippen LogP contribution in [0.15, 0.2) is 71.6 Å². The molecular weight excluding hydrogens is 452 g/mol. The zero-order valence-corrected chi connectivity index (χ0v) is 19.1. The van der Waals surface area contributed by atoms with Crippen molar-refractivity contribution in [2.24, 2.45) is 0 Å². The van der Waals surface area contributed by atoms with E-state index in [-0.39, 0.29) is 38.8 Å². The summed E-state index contributed by atoms with van der Waals surface area (Å²) in [7, 11) is -3.60. The van der Waals surface area contributed by atoms with E-state index >= 15 is 0 Å². The van der Waals surface area contributed by atoms with Crippen LogP contribution in [0.2, 0.25) is 0 Å². The van der Waals surface area contributed by atoms with Gasteiger partial charge < -0.3 is 5.32 Å². The quantitative estimate of drug-likeness (QED) is 0.484. The van der Waals surface area contributed by atoms with E-state index in [4.69, 9.17) is 0 Å². The average molecular weight is 475 g/mol. The topological polar surface area (TPSA) is 101 Å². The van der Waals surface area contributed by atoms with Gasteiger partial charge in [-0.25, -0.2) is 8.42 Å². The third-order valence-corrected chi connectivity index (χ3v) is 8.18.